The SMILES string of the molecule is CCC(SCC=CCl)C(=NOC)C(=O)O. The summed E-state index contributed by atoms with van der Waals surface area (Å²) in [6.07, 6.45) is 2.43. The highest BCUT2D eigenvalue weighted by Gasteiger charge is 2.21. The molecule has 0 bridgehead atoms. The predicted molar refractivity (Wildman–Crippen MR) is 63.6 cm³/mol. The Labute approximate surface area is 98.3 Å². The van der Waals surface area contributed by atoms with E-state index >= 15 is 0 Å². The average Bonchev–Trinajstić information content (AvgIpc) is 2.22. The fraction of sp³-hybridized carbons (Fsp3) is 0.556. The second-order valence-electron chi connectivity index (χ2n) is 2.56. The molecule has 0 saturated carbocycles. The molecule has 1 unspecified atom stereocenters. The number of halogens is 1. The molecule has 0 amide bonds. The lowest BCUT2D eigenvalue weighted by atomic mass is 10.2. The van der Waals surface area contributed by atoms with Crippen molar-refractivity contribution in [2.24, 2.45) is 5.16 Å². The van der Waals surface area contributed by atoms with E-state index in [0.717, 1.165) is 0 Å². The summed E-state index contributed by atoms with van der Waals surface area (Å²) in [6, 6.07) is 0. The van der Waals surface area contributed by atoms with Gasteiger partial charge in [0.25, 0.3) is 0 Å². The van der Waals surface area contributed by atoms with Crippen LogP contribution in [0.1, 0.15) is 13.3 Å². The normalized spacial score (nSPS) is 14.2. The Hall–Kier alpha value is -0.680. The molecule has 1 N–H and O–H groups in total. The highest BCUT2D eigenvalue weighted by molar-refractivity contribution is 8.00. The first-order valence-corrected chi connectivity index (χ1v) is 5.87. The number of rotatable bonds is 7. The molecule has 0 radical (unpaired) electrons. The molecule has 0 aromatic carbocycles. The third kappa shape index (κ3) is 5.69. The fourth-order valence-corrected chi connectivity index (χ4v) is 2.10. The van der Waals surface area contributed by atoms with Crippen LogP contribution in [0.4, 0.5) is 0 Å². The maximum atomic E-state index is 10.9. The van der Waals surface area contributed by atoms with E-state index in [9.17, 15) is 4.79 Å². The maximum absolute atomic E-state index is 10.9. The average molecular weight is 252 g/mol. The van der Waals surface area contributed by atoms with Gasteiger partial charge in [-0.05, 0) is 6.42 Å². The van der Waals surface area contributed by atoms with E-state index in [4.69, 9.17) is 16.7 Å². The molecule has 1 atom stereocenters. The second kappa shape index (κ2) is 8.61. The molecule has 86 valence electrons. The number of carbonyl (C=O) groups is 1. The summed E-state index contributed by atoms with van der Waals surface area (Å²) in [6.45, 7) is 1.90. The van der Waals surface area contributed by atoms with Crippen LogP contribution in [0.3, 0.4) is 0 Å². The van der Waals surface area contributed by atoms with E-state index in [1.54, 1.807) is 6.08 Å². The zero-order valence-electron chi connectivity index (χ0n) is 8.64. The van der Waals surface area contributed by atoms with Gasteiger partial charge in [-0.1, -0.05) is 29.8 Å². The highest BCUT2D eigenvalue weighted by Crippen LogP contribution is 2.17. The molecule has 0 spiro atoms. The standard InChI is InChI=1S/C9H14ClNO3S/c1-3-7(15-6-4-5-10)8(9(12)13)11-14-2/h4-5,7H,3,6H2,1-2H3,(H,12,13). The lowest BCUT2D eigenvalue weighted by molar-refractivity contribution is -0.129. The first kappa shape index (κ1) is 14.3. The minimum Gasteiger partial charge on any atom is -0.477 e. The van der Waals surface area contributed by atoms with Gasteiger partial charge in [0.15, 0.2) is 5.71 Å². The van der Waals surface area contributed by atoms with Gasteiger partial charge in [-0.3, -0.25) is 0 Å². The summed E-state index contributed by atoms with van der Waals surface area (Å²) in [4.78, 5) is 15.4. The van der Waals surface area contributed by atoms with Crippen molar-refractivity contribution in [3.05, 3.63) is 11.6 Å². The van der Waals surface area contributed by atoms with E-state index in [0.29, 0.717) is 12.2 Å². The number of hydrogen-bond donors (Lipinski definition) is 1. The maximum Gasteiger partial charge on any atom is 0.354 e. The summed E-state index contributed by atoms with van der Waals surface area (Å²) in [5.74, 6) is -0.399. The molecule has 15 heavy (non-hydrogen) atoms. The van der Waals surface area contributed by atoms with Crippen molar-refractivity contribution in [3.8, 4) is 0 Å². The van der Waals surface area contributed by atoms with Crippen molar-refractivity contribution in [2.45, 2.75) is 18.6 Å². The largest absolute Gasteiger partial charge is 0.477 e. The summed E-state index contributed by atoms with van der Waals surface area (Å²) in [5, 5.41) is 12.2. The Morgan fingerprint density at radius 1 is 1.73 bits per heavy atom. The summed E-state index contributed by atoms with van der Waals surface area (Å²) in [5.41, 5.74) is 1.45. The number of carboxylic acid groups (broad SMARTS) is 1. The van der Waals surface area contributed by atoms with E-state index in [2.05, 4.69) is 9.99 Å². The zero-order valence-corrected chi connectivity index (χ0v) is 10.2. The lowest BCUT2D eigenvalue weighted by Crippen LogP contribution is -2.26. The predicted octanol–water partition coefficient (Wildman–Crippen LogP) is 2.34. The van der Waals surface area contributed by atoms with Crippen LogP contribution >= 0.6 is 23.4 Å². The number of nitrogens with zero attached hydrogens (tertiary/aromatic N) is 1. The van der Waals surface area contributed by atoms with Gasteiger partial charge in [0.05, 0.1) is 5.25 Å². The second-order valence-corrected chi connectivity index (χ2v) is 4.04. The van der Waals surface area contributed by atoms with Crippen molar-refractivity contribution in [1.29, 1.82) is 0 Å². The molecule has 0 saturated heterocycles. The van der Waals surface area contributed by atoms with Crippen molar-refractivity contribution in [3.63, 3.8) is 0 Å². The van der Waals surface area contributed by atoms with Crippen LogP contribution in [0.15, 0.2) is 16.8 Å². The Morgan fingerprint density at radius 3 is 2.80 bits per heavy atom. The van der Waals surface area contributed by atoms with Crippen LogP contribution in [0.25, 0.3) is 0 Å². The molecule has 0 aromatic heterocycles. The van der Waals surface area contributed by atoms with Gasteiger partial charge in [-0.25, -0.2) is 4.79 Å². The fourth-order valence-electron chi connectivity index (χ4n) is 0.932. The van der Waals surface area contributed by atoms with E-state index in [1.165, 1.54) is 24.4 Å². The Morgan fingerprint density at radius 2 is 2.40 bits per heavy atom. The third-order valence-corrected chi connectivity index (χ3v) is 3.09. The minimum atomic E-state index is -1.05. The van der Waals surface area contributed by atoms with E-state index in [-0.39, 0.29) is 11.0 Å². The van der Waals surface area contributed by atoms with Gasteiger partial charge in [0, 0.05) is 11.3 Å². The summed E-state index contributed by atoms with van der Waals surface area (Å²) in [7, 11) is 1.33. The van der Waals surface area contributed by atoms with Crippen LogP contribution < -0.4 is 0 Å². The number of thioether (sulfide) groups is 1. The van der Waals surface area contributed by atoms with Gasteiger partial charge in [-0.2, -0.15) is 0 Å². The van der Waals surface area contributed by atoms with Crippen LogP contribution in [-0.4, -0.2) is 34.9 Å². The molecular weight excluding hydrogens is 238 g/mol. The summed E-state index contributed by atoms with van der Waals surface area (Å²) >= 11 is 6.83. The monoisotopic (exact) mass is 251 g/mol. The molecule has 0 aliphatic heterocycles. The Balaban J connectivity index is 4.46. The van der Waals surface area contributed by atoms with Gasteiger partial charge >= 0.3 is 5.97 Å². The molecule has 6 heteroatoms. The van der Waals surface area contributed by atoms with Crippen molar-refractivity contribution < 1.29 is 14.7 Å². The highest BCUT2D eigenvalue weighted by atomic mass is 35.5. The Kier molecular flexibility index (Phi) is 8.22. The van der Waals surface area contributed by atoms with Gasteiger partial charge < -0.3 is 9.94 Å². The van der Waals surface area contributed by atoms with E-state index < -0.39 is 5.97 Å². The van der Waals surface area contributed by atoms with Gasteiger partial charge in [-0.15, -0.1) is 11.8 Å². The van der Waals surface area contributed by atoms with Crippen molar-refractivity contribution in [1.82, 2.24) is 0 Å². The number of carboxylic acids is 1. The van der Waals surface area contributed by atoms with Crippen molar-refractivity contribution >= 4 is 35.0 Å². The summed E-state index contributed by atoms with van der Waals surface area (Å²) < 4.78 is 0. The first-order chi connectivity index (χ1) is 7.17. The molecule has 0 heterocycles. The molecule has 0 rings (SSSR count). The molecule has 0 fully saturated rings. The molecule has 0 aliphatic rings. The van der Waals surface area contributed by atoms with Crippen LogP contribution in [0.5, 0.6) is 0 Å². The topological polar surface area (TPSA) is 58.9 Å². The molecule has 4 nitrogen and oxygen atoms in total. The number of aliphatic carboxylic acids is 1. The van der Waals surface area contributed by atoms with Crippen LogP contribution in [0.2, 0.25) is 0 Å². The number of oxime groups is 1. The molecular formula is C9H14ClNO3S. The van der Waals surface area contributed by atoms with E-state index in [1.807, 2.05) is 6.92 Å². The lowest BCUT2D eigenvalue weighted by Gasteiger charge is -2.11. The van der Waals surface area contributed by atoms with Gasteiger partial charge in [0.1, 0.15) is 7.11 Å². The zero-order chi connectivity index (χ0) is 11.7. The molecule has 0 aliphatic carbocycles. The smallest absolute Gasteiger partial charge is 0.354 e. The quantitative estimate of drug-likeness (QED) is 0.557. The minimum absolute atomic E-state index is 0.0352. The van der Waals surface area contributed by atoms with Crippen LogP contribution in [0, 0.1) is 0 Å². The first-order valence-electron chi connectivity index (χ1n) is 4.38. The van der Waals surface area contributed by atoms with Crippen LogP contribution in [-0.2, 0) is 9.63 Å². The number of hydrogen-bond acceptors (Lipinski definition) is 4. The third-order valence-electron chi connectivity index (χ3n) is 1.57. The molecule has 0 aromatic rings. The van der Waals surface area contributed by atoms with Crippen molar-refractivity contribution in [2.75, 3.05) is 12.9 Å². The van der Waals surface area contributed by atoms with Gasteiger partial charge in [0.2, 0.25) is 0 Å². The Bertz CT molecular complexity index is 256.